The number of carbonyl (C=O) groups excluding carboxylic acids is 8. The highest BCUT2D eigenvalue weighted by Crippen LogP contribution is 2.36. The maximum atomic E-state index is 13.4. The van der Waals surface area contributed by atoms with Crippen LogP contribution in [0.15, 0.2) is 61.7 Å². The molecule has 380 valence electrons. The Kier molecular flexibility index (Phi) is 21.7. The third kappa shape index (κ3) is 16.8. The fourth-order valence-electron chi connectivity index (χ4n) is 8.61. The third-order valence-electron chi connectivity index (χ3n) is 12.7. The average molecular weight is 975 g/mol. The van der Waals surface area contributed by atoms with Gasteiger partial charge in [0.2, 0.25) is 0 Å². The van der Waals surface area contributed by atoms with Gasteiger partial charge < -0.3 is 47.7 Å². The molecule has 3 fully saturated rings. The van der Waals surface area contributed by atoms with Gasteiger partial charge >= 0.3 is 48.0 Å². The normalized spacial score (nSPS) is 18.8. The van der Waals surface area contributed by atoms with Crippen LogP contribution in [0.3, 0.4) is 0 Å². The minimum Gasteiger partial charge on any atom is -0.459 e. The van der Waals surface area contributed by atoms with E-state index in [4.69, 9.17) is 37.9 Å². The van der Waals surface area contributed by atoms with Crippen molar-refractivity contribution in [2.75, 3.05) is 52.6 Å². The molecule has 1 aliphatic heterocycles. The number of rotatable bonds is 22. The second kappa shape index (κ2) is 28.1. The molecule has 2 aliphatic carbocycles. The quantitative estimate of drug-likeness (QED) is 0.0355. The Labute approximate surface area is 408 Å². The van der Waals surface area contributed by atoms with E-state index in [1.54, 1.807) is 0 Å². The van der Waals surface area contributed by atoms with E-state index < -0.39 is 48.0 Å². The molecule has 1 saturated heterocycles. The molecule has 18 heteroatoms. The predicted molar refractivity (Wildman–Crippen MR) is 252 cm³/mol. The number of unbranched alkanes of at least 4 members (excludes halogenated alkanes) is 2. The van der Waals surface area contributed by atoms with Crippen LogP contribution >= 0.6 is 0 Å². The lowest BCUT2D eigenvalue weighted by Crippen LogP contribution is -2.52. The van der Waals surface area contributed by atoms with E-state index in [-0.39, 0.29) is 98.6 Å². The van der Waals surface area contributed by atoms with Crippen LogP contribution in [0, 0.1) is 23.7 Å². The number of hydrogen-bond acceptors (Lipinski definition) is 16. The van der Waals surface area contributed by atoms with Gasteiger partial charge in [-0.2, -0.15) is 0 Å². The van der Waals surface area contributed by atoms with E-state index in [0.29, 0.717) is 37.5 Å². The summed E-state index contributed by atoms with van der Waals surface area (Å²) in [6.07, 6.45) is 13.5. The number of carbonyl (C=O) groups is 8. The molecule has 0 aromatic heterocycles. The first-order valence-corrected chi connectivity index (χ1v) is 24.4. The van der Waals surface area contributed by atoms with Gasteiger partial charge in [-0.25, -0.2) is 28.8 Å². The van der Waals surface area contributed by atoms with E-state index in [1.165, 1.54) is 46.2 Å². The van der Waals surface area contributed by atoms with Crippen LogP contribution < -0.4 is 18.9 Å². The van der Waals surface area contributed by atoms with Gasteiger partial charge in [-0.15, -0.1) is 0 Å². The molecule has 2 aromatic carbocycles. The van der Waals surface area contributed by atoms with Crippen molar-refractivity contribution in [1.29, 1.82) is 0 Å². The van der Waals surface area contributed by atoms with Crippen molar-refractivity contribution in [3.05, 3.63) is 72.8 Å². The summed E-state index contributed by atoms with van der Waals surface area (Å²) in [5.74, 6) is -3.99. The number of hydrogen-bond donors (Lipinski definition) is 0. The van der Waals surface area contributed by atoms with Gasteiger partial charge in [0.05, 0.1) is 11.8 Å². The summed E-state index contributed by atoms with van der Waals surface area (Å²) in [7, 11) is 0. The SMILES string of the molecule is C=CC(=O)OCCOC(=O)c1cc(OC(=O)N2CCN(C(=O)Oc3ccc(OC(=O)C4CCC(CCCC)CC4)c(C(=O)OCCOC(=O)C=C)c3)CC2)ccc1OC(=O)C1CCC(CCCC)CC1. The van der Waals surface area contributed by atoms with Gasteiger partial charge in [0.25, 0.3) is 0 Å². The second-order valence-corrected chi connectivity index (χ2v) is 17.6. The molecule has 1 heterocycles. The van der Waals surface area contributed by atoms with Crippen LogP contribution in [0.25, 0.3) is 0 Å². The zero-order valence-electron chi connectivity index (χ0n) is 40.3. The van der Waals surface area contributed by atoms with Crippen molar-refractivity contribution < 1.29 is 76.3 Å². The molecule has 0 radical (unpaired) electrons. The van der Waals surface area contributed by atoms with Gasteiger partial charge in [-0.05, 0) is 99.6 Å². The molecule has 70 heavy (non-hydrogen) atoms. The van der Waals surface area contributed by atoms with Crippen LogP contribution in [0.4, 0.5) is 9.59 Å². The maximum Gasteiger partial charge on any atom is 0.415 e. The van der Waals surface area contributed by atoms with Crippen molar-refractivity contribution in [3.8, 4) is 23.0 Å². The van der Waals surface area contributed by atoms with Crippen LogP contribution in [0.2, 0.25) is 0 Å². The van der Waals surface area contributed by atoms with Gasteiger partial charge in [0.15, 0.2) is 0 Å². The second-order valence-electron chi connectivity index (χ2n) is 17.6. The standard InChI is InChI=1S/C52H66N2O16/c1-5-9-11-35-13-17-37(18-14-35)47(57)69-43-23-21-39(33-41(43)49(59)65-31-29-63-45(55)7-3)67-51(61)53-25-27-54(28-26-53)52(62)68-40-22-24-44(42(34-40)50(60)66-32-30-64-46(56)8-4)70-48(58)38-19-15-36(16-20-38)12-10-6-2/h7-8,21-24,33-38H,3-6,9-20,25-32H2,1-2H3. The lowest BCUT2D eigenvalue weighted by Gasteiger charge is -2.33. The lowest BCUT2D eigenvalue weighted by atomic mass is 9.80. The lowest BCUT2D eigenvalue weighted by molar-refractivity contribution is -0.141. The molecule has 2 amide bonds. The smallest absolute Gasteiger partial charge is 0.415 e. The first-order valence-electron chi connectivity index (χ1n) is 24.4. The number of benzene rings is 2. The number of amides is 2. The van der Waals surface area contributed by atoms with Crippen molar-refractivity contribution >= 4 is 48.0 Å². The zero-order valence-corrected chi connectivity index (χ0v) is 40.3. The summed E-state index contributed by atoms with van der Waals surface area (Å²) in [5.41, 5.74) is -0.371. The monoisotopic (exact) mass is 974 g/mol. The summed E-state index contributed by atoms with van der Waals surface area (Å²) >= 11 is 0. The Morgan fingerprint density at radius 1 is 0.514 bits per heavy atom. The average Bonchev–Trinajstić information content (AvgIpc) is 3.38. The summed E-state index contributed by atoms with van der Waals surface area (Å²) in [4.78, 5) is 106. The van der Waals surface area contributed by atoms with E-state index in [9.17, 15) is 38.4 Å². The molecule has 18 nitrogen and oxygen atoms in total. The summed E-state index contributed by atoms with van der Waals surface area (Å²) in [6, 6.07) is 7.90. The molecule has 0 atom stereocenters. The first kappa shape index (κ1) is 54.2. The van der Waals surface area contributed by atoms with Crippen LogP contribution in [0.1, 0.15) is 124 Å². The molecule has 0 spiro atoms. The molecular formula is C52H66N2O16. The number of nitrogens with zero attached hydrogens (tertiary/aromatic N) is 2. The summed E-state index contributed by atoms with van der Waals surface area (Å²) in [6.45, 7) is 9.96. The van der Waals surface area contributed by atoms with Crippen molar-refractivity contribution in [2.24, 2.45) is 23.7 Å². The molecular weight excluding hydrogens is 909 g/mol. The Morgan fingerprint density at radius 3 is 1.21 bits per heavy atom. The Bertz CT molecular complexity index is 2010. The van der Waals surface area contributed by atoms with Gasteiger partial charge in [-0.1, -0.05) is 65.5 Å². The number of esters is 6. The third-order valence-corrected chi connectivity index (χ3v) is 12.7. The van der Waals surface area contributed by atoms with Gasteiger partial charge in [0, 0.05) is 38.3 Å². The highest BCUT2D eigenvalue weighted by atomic mass is 16.6. The molecule has 3 aliphatic rings. The Hall–Kier alpha value is -6.72. The van der Waals surface area contributed by atoms with Gasteiger partial charge in [0.1, 0.15) is 60.6 Å². The summed E-state index contributed by atoms with van der Waals surface area (Å²) in [5, 5.41) is 0. The van der Waals surface area contributed by atoms with E-state index in [0.717, 1.165) is 76.4 Å². The van der Waals surface area contributed by atoms with Crippen molar-refractivity contribution in [3.63, 3.8) is 0 Å². The Morgan fingerprint density at radius 2 is 0.871 bits per heavy atom. The van der Waals surface area contributed by atoms with E-state index in [2.05, 4.69) is 27.0 Å². The Balaban J connectivity index is 1.19. The highest BCUT2D eigenvalue weighted by molar-refractivity contribution is 5.95. The molecule has 0 bridgehead atoms. The summed E-state index contributed by atoms with van der Waals surface area (Å²) < 4.78 is 43.1. The molecule has 2 saturated carbocycles. The van der Waals surface area contributed by atoms with Crippen LogP contribution in [-0.2, 0) is 38.1 Å². The minimum atomic E-state index is -0.910. The molecule has 5 rings (SSSR count). The van der Waals surface area contributed by atoms with Crippen molar-refractivity contribution in [1.82, 2.24) is 9.80 Å². The topological polar surface area (TPSA) is 217 Å². The zero-order chi connectivity index (χ0) is 50.4. The fourth-order valence-corrected chi connectivity index (χ4v) is 8.61. The van der Waals surface area contributed by atoms with E-state index >= 15 is 0 Å². The van der Waals surface area contributed by atoms with Crippen molar-refractivity contribution in [2.45, 2.75) is 104 Å². The predicted octanol–water partition coefficient (Wildman–Crippen LogP) is 8.58. The largest absolute Gasteiger partial charge is 0.459 e. The maximum absolute atomic E-state index is 13.4. The highest BCUT2D eigenvalue weighted by Gasteiger charge is 2.32. The van der Waals surface area contributed by atoms with Crippen LogP contribution in [0.5, 0.6) is 23.0 Å². The van der Waals surface area contributed by atoms with E-state index in [1.807, 2.05) is 0 Å². The molecule has 0 unspecified atom stereocenters. The molecule has 0 N–H and O–H groups in total. The fraction of sp³-hybridized carbons (Fsp3) is 0.538. The van der Waals surface area contributed by atoms with Gasteiger partial charge in [-0.3, -0.25) is 9.59 Å². The number of ether oxygens (including phenoxy) is 8. The number of piperazine rings is 1. The molecule has 2 aromatic rings. The minimum absolute atomic E-state index is 0.0338. The van der Waals surface area contributed by atoms with Crippen LogP contribution in [-0.4, -0.2) is 110 Å². The first-order chi connectivity index (χ1) is 33.8.